The second kappa shape index (κ2) is 6.42. The number of amides is 1. The number of carbonyl (C=O) groups is 1. The molecule has 0 aromatic carbocycles. The summed E-state index contributed by atoms with van der Waals surface area (Å²) >= 11 is 1.44. The summed E-state index contributed by atoms with van der Waals surface area (Å²) in [6.45, 7) is 3.26. The van der Waals surface area contributed by atoms with Gasteiger partial charge < -0.3 is 15.7 Å². The maximum Gasteiger partial charge on any atom is 0.234 e. The van der Waals surface area contributed by atoms with Crippen LogP contribution in [0.2, 0.25) is 0 Å². The number of aromatic nitrogens is 2. The zero-order valence-electron chi connectivity index (χ0n) is 12.8. The van der Waals surface area contributed by atoms with E-state index in [2.05, 4.69) is 27.5 Å². The number of nitrogens with one attached hydrogen (secondary N) is 2. The molecule has 1 saturated carbocycles. The molecule has 1 aromatic rings. The highest BCUT2D eigenvalue weighted by atomic mass is 32.2. The predicted molar refractivity (Wildman–Crippen MR) is 87.0 cm³/mol. The molecule has 1 aliphatic heterocycles. The van der Waals surface area contributed by atoms with E-state index in [-0.39, 0.29) is 17.9 Å². The Morgan fingerprint density at radius 1 is 1.50 bits per heavy atom. The summed E-state index contributed by atoms with van der Waals surface area (Å²) in [6, 6.07) is 0. The summed E-state index contributed by atoms with van der Waals surface area (Å²) in [4.78, 5) is 20.1. The molecule has 1 atom stereocenters. The average molecular weight is 322 g/mol. The summed E-state index contributed by atoms with van der Waals surface area (Å²) in [5, 5.41) is 16.3. The van der Waals surface area contributed by atoms with Crippen LogP contribution in [0.25, 0.3) is 0 Å². The topological polar surface area (TPSA) is 87.1 Å². The minimum atomic E-state index is -0.0117. The Hall–Kier alpha value is -1.34. The summed E-state index contributed by atoms with van der Waals surface area (Å²) in [5.41, 5.74) is 0.930. The fraction of sp³-hybridized carbons (Fsp3) is 0.667. The summed E-state index contributed by atoms with van der Waals surface area (Å²) < 4.78 is 0. The van der Waals surface area contributed by atoms with Crippen LogP contribution >= 0.6 is 11.8 Å². The number of carbonyl (C=O) groups excluding carboxylic acids is 1. The number of anilines is 2. The van der Waals surface area contributed by atoms with Gasteiger partial charge in [-0.2, -0.15) is 0 Å². The van der Waals surface area contributed by atoms with E-state index in [4.69, 9.17) is 0 Å². The van der Waals surface area contributed by atoms with E-state index in [0.717, 1.165) is 18.0 Å². The molecule has 0 saturated heterocycles. The van der Waals surface area contributed by atoms with E-state index in [1.54, 1.807) is 0 Å². The normalized spacial score (nSPS) is 20.5. The van der Waals surface area contributed by atoms with Crippen LogP contribution in [0.15, 0.2) is 11.4 Å². The molecule has 1 aromatic heterocycles. The van der Waals surface area contributed by atoms with Crippen LogP contribution < -0.4 is 10.6 Å². The van der Waals surface area contributed by atoms with E-state index in [1.807, 2.05) is 0 Å². The van der Waals surface area contributed by atoms with Gasteiger partial charge in [0.2, 0.25) is 5.91 Å². The lowest BCUT2D eigenvalue weighted by Gasteiger charge is -2.47. The van der Waals surface area contributed by atoms with Crippen molar-refractivity contribution in [2.75, 3.05) is 29.5 Å². The molecule has 7 heteroatoms. The molecule has 0 spiro atoms. The number of rotatable bonds is 6. The number of fused-ring (bicyclic) bond motifs is 1. The van der Waals surface area contributed by atoms with Gasteiger partial charge in [-0.15, -0.1) is 0 Å². The highest BCUT2D eigenvalue weighted by molar-refractivity contribution is 8.00. The van der Waals surface area contributed by atoms with Crippen LogP contribution in [-0.4, -0.2) is 39.9 Å². The van der Waals surface area contributed by atoms with Crippen molar-refractivity contribution in [3.05, 3.63) is 6.33 Å². The van der Waals surface area contributed by atoms with Crippen LogP contribution in [0.1, 0.15) is 32.6 Å². The Balaban J connectivity index is 1.72. The Kier molecular flexibility index (Phi) is 4.54. The highest BCUT2D eigenvalue weighted by Gasteiger charge is 2.41. The van der Waals surface area contributed by atoms with E-state index < -0.39 is 0 Å². The second-order valence-corrected chi connectivity index (χ2v) is 7.19. The van der Waals surface area contributed by atoms with Gasteiger partial charge in [-0.1, -0.05) is 25.1 Å². The number of hydrogen-bond acceptors (Lipinski definition) is 6. The first-order chi connectivity index (χ1) is 10.6. The van der Waals surface area contributed by atoms with Crippen LogP contribution in [0.3, 0.4) is 0 Å². The first kappa shape index (κ1) is 15.6. The van der Waals surface area contributed by atoms with Crippen molar-refractivity contribution in [3.63, 3.8) is 0 Å². The smallest absolute Gasteiger partial charge is 0.234 e. The zero-order chi connectivity index (χ0) is 15.6. The third-order valence-corrected chi connectivity index (χ3v) is 5.97. The molecule has 2 heterocycles. The largest absolute Gasteiger partial charge is 0.396 e. The summed E-state index contributed by atoms with van der Waals surface area (Å²) in [7, 11) is 0. The molecule has 0 radical (unpaired) electrons. The van der Waals surface area contributed by atoms with Crippen LogP contribution in [0, 0.1) is 11.3 Å². The molecule has 0 bridgehead atoms. The van der Waals surface area contributed by atoms with Gasteiger partial charge >= 0.3 is 0 Å². The molecule has 3 rings (SSSR count). The maximum absolute atomic E-state index is 11.6. The van der Waals surface area contributed by atoms with Crippen molar-refractivity contribution in [2.24, 2.45) is 11.3 Å². The van der Waals surface area contributed by atoms with Crippen molar-refractivity contribution in [1.82, 2.24) is 9.97 Å². The number of aliphatic hydroxyl groups is 1. The Morgan fingerprint density at radius 2 is 2.32 bits per heavy atom. The van der Waals surface area contributed by atoms with E-state index in [0.29, 0.717) is 23.2 Å². The molecule has 1 fully saturated rings. The molecule has 22 heavy (non-hydrogen) atoms. The fourth-order valence-corrected chi connectivity index (χ4v) is 4.02. The number of thioether (sulfide) groups is 1. The van der Waals surface area contributed by atoms with Crippen molar-refractivity contribution in [1.29, 1.82) is 0 Å². The standard InChI is InChI=1S/C15H22N4O2S/c1-10(3-6-20)15(4-2-5-15)8-16-13-12-14(18-9-17-13)22-7-11(21)19-12/h9-10,20H,2-8H2,1H3,(H,19,21)(H,16,17,18). The van der Waals surface area contributed by atoms with E-state index in [1.165, 1.54) is 37.4 Å². The molecule has 2 aliphatic rings. The minimum Gasteiger partial charge on any atom is -0.396 e. The van der Waals surface area contributed by atoms with Crippen molar-refractivity contribution >= 4 is 29.2 Å². The molecule has 1 amide bonds. The molecule has 1 aliphatic carbocycles. The van der Waals surface area contributed by atoms with E-state index >= 15 is 0 Å². The fourth-order valence-electron chi connectivity index (χ4n) is 3.27. The van der Waals surface area contributed by atoms with Gasteiger partial charge in [0.25, 0.3) is 0 Å². The first-order valence-electron chi connectivity index (χ1n) is 7.77. The van der Waals surface area contributed by atoms with Crippen molar-refractivity contribution in [3.8, 4) is 0 Å². The van der Waals surface area contributed by atoms with Crippen molar-refractivity contribution in [2.45, 2.75) is 37.6 Å². The SMILES string of the molecule is CC(CCO)C1(CNc2ncnc3c2NC(=O)CS3)CCC1. The van der Waals surface area contributed by atoms with Gasteiger partial charge in [-0.3, -0.25) is 4.79 Å². The molecular weight excluding hydrogens is 300 g/mol. The summed E-state index contributed by atoms with van der Waals surface area (Å²) in [5.74, 6) is 1.57. The Morgan fingerprint density at radius 3 is 3.00 bits per heavy atom. The molecular formula is C15H22N4O2S. The minimum absolute atomic E-state index is 0.0117. The van der Waals surface area contributed by atoms with Crippen LogP contribution in [-0.2, 0) is 4.79 Å². The lowest BCUT2D eigenvalue weighted by Crippen LogP contribution is -2.42. The number of hydrogen-bond donors (Lipinski definition) is 3. The van der Waals surface area contributed by atoms with Gasteiger partial charge in [0.05, 0.1) is 5.75 Å². The van der Waals surface area contributed by atoms with Crippen molar-refractivity contribution < 1.29 is 9.90 Å². The Bertz CT molecular complexity index is 562. The average Bonchev–Trinajstić information content (AvgIpc) is 2.46. The molecule has 3 N–H and O–H groups in total. The Labute approximate surface area is 134 Å². The second-order valence-electron chi connectivity index (χ2n) is 6.22. The monoisotopic (exact) mass is 322 g/mol. The van der Waals surface area contributed by atoms with Gasteiger partial charge in [0.15, 0.2) is 5.82 Å². The molecule has 120 valence electrons. The third kappa shape index (κ3) is 2.92. The van der Waals surface area contributed by atoms with Crippen LogP contribution in [0.4, 0.5) is 11.5 Å². The lowest BCUT2D eigenvalue weighted by molar-refractivity contribution is -0.113. The first-order valence-corrected chi connectivity index (χ1v) is 8.75. The quantitative estimate of drug-likeness (QED) is 0.696. The van der Waals surface area contributed by atoms with E-state index in [9.17, 15) is 9.90 Å². The van der Waals surface area contributed by atoms with Gasteiger partial charge in [0.1, 0.15) is 17.0 Å². The lowest BCUT2D eigenvalue weighted by atomic mass is 9.60. The number of aliphatic hydroxyl groups excluding tert-OH is 1. The van der Waals surface area contributed by atoms with Gasteiger partial charge in [-0.05, 0) is 30.6 Å². The zero-order valence-corrected chi connectivity index (χ0v) is 13.6. The molecule has 1 unspecified atom stereocenters. The summed E-state index contributed by atoms with van der Waals surface area (Å²) in [6.07, 6.45) is 5.96. The van der Waals surface area contributed by atoms with Gasteiger partial charge in [-0.25, -0.2) is 9.97 Å². The van der Waals surface area contributed by atoms with Crippen LogP contribution in [0.5, 0.6) is 0 Å². The molecule has 6 nitrogen and oxygen atoms in total. The van der Waals surface area contributed by atoms with Gasteiger partial charge in [0, 0.05) is 13.2 Å². The predicted octanol–water partition coefficient (Wildman–Crippen LogP) is 2.12. The number of nitrogens with zero attached hydrogens (tertiary/aromatic N) is 2. The maximum atomic E-state index is 11.6. The highest BCUT2D eigenvalue weighted by Crippen LogP contribution is 2.48. The third-order valence-electron chi connectivity index (χ3n) is 4.98.